The number of thiazole rings is 1. The van der Waals surface area contributed by atoms with Crippen LogP contribution in [0.2, 0.25) is 5.02 Å². The number of aromatic nitrogens is 1. The molecule has 6 heteroatoms. The molecule has 0 atom stereocenters. The maximum Gasteiger partial charge on any atom is 0.253 e. The van der Waals surface area contributed by atoms with E-state index >= 15 is 0 Å². The molecule has 0 aliphatic carbocycles. The van der Waals surface area contributed by atoms with E-state index in [1.165, 1.54) is 23.5 Å². The zero-order chi connectivity index (χ0) is 17.1. The molecule has 3 rings (SSSR count). The van der Waals surface area contributed by atoms with Gasteiger partial charge in [0.1, 0.15) is 10.8 Å². The Balaban J connectivity index is 1.73. The van der Waals surface area contributed by atoms with Crippen LogP contribution < -0.4 is 5.32 Å². The molecule has 122 valence electrons. The normalized spacial score (nSPS) is 10.6. The third kappa shape index (κ3) is 3.63. The first-order chi connectivity index (χ1) is 11.5. The second kappa shape index (κ2) is 7.11. The molecule has 2 aromatic carbocycles. The smallest absolute Gasteiger partial charge is 0.253 e. The van der Waals surface area contributed by atoms with Gasteiger partial charge >= 0.3 is 0 Å². The Bertz CT molecular complexity index is 880. The lowest BCUT2D eigenvalue weighted by Crippen LogP contribution is -2.23. The van der Waals surface area contributed by atoms with Gasteiger partial charge in [-0.2, -0.15) is 0 Å². The SMILES string of the molecule is Cc1nc(-c2ccccc2)sc1CNC(=O)c1ccc(F)cc1Cl. The largest absolute Gasteiger partial charge is 0.347 e. The van der Waals surface area contributed by atoms with Crippen molar-refractivity contribution in [1.82, 2.24) is 10.3 Å². The highest BCUT2D eigenvalue weighted by Gasteiger charge is 2.13. The monoisotopic (exact) mass is 360 g/mol. The van der Waals surface area contributed by atoms with Crippen molar-refractivity contribution in [3.8, 4) is 10.6 Å². The van der Waals surface area contributed by atoms with E-state index in [-0.39, 0.29) is 16.5 Å². The number of aryl methyl sites for hydroxylation is 1. The number of rotatable bonds is 4. The number of nitrogens with zero attached hydrogens (tertiary/aromatic N) is 1. The van der Waals surface area contributed by atoms with Crippen LogP contribution in [0.15, 0.2) is 48.5 Å². The quantitative estimate of drug-likeness (QED) is 0.723. The highest BCUT2D eigenvalue weighted by Crippen LogP contribution is 2.27. The summed E-state index contributed by atoms with van der Waals surface area (Å²) in [6.45, 7) is 2.26. The summed E-state index contributed by atoms with van der Waals surface area (Å²) in [5, 5.41) is 3.82. The van der Waals surface area contributed by atoms with E-state index in [0.29, 0.717) is 6.54 Å². The Morgan fingerprint density at radius 1 is 1.25 bits per heavy atom. The molecule has 0 unspecified atom stereocenters. The highest BCUT2D eigenvalue weighted by molar-refractivity contribution is 7.15. The van der Waals surface area contributed by atoms with Crippen LogP contribution in [0.5, 0.6) is 0 Å². The topological polar surface area (TPSA) is 42.0 Å². The van der Waals surface area contributed by atoms with E-state index in [1.54, 1.807) is 0 Å². The molecule has 0 spiro atoms. The molecule has 3 nitrogen and oxygen atoms in total. The van der Waals surface area contributed by atoms with Crippen LogP contribution in [0.3, 0.4) is 0 Å². The lowest BCUT2D eigenvalue weighted by molar-refractivity contribution is 0.0951. The predicted octanol–water partition coefficient (Wildman–Crippen LogP) is 4.84. The van der Waals surface area contributed by atoms with Gasteiger partial charge in [0.15, 0.2) is 0 Å². The van der Waals surface area contributed by atoms with Crippen molar-refractivity contribution in [2.75, 3.05) is 0 Å². The lowest BCUT2D eigenvalue weighted by Gasteiger charge is -2.06. The first-order valence-electron chi connectivity index (χ1n) is 7.29. The summed E-state index contributed by atoms with van der Waals surface area (Å²) < 4.78 is 13.1. The fourth-order valence-corrected chi connectivity index (χ4v) is 3.49. The molecule has 3 aromatic rings. The van der Waals surface area contributed by atoms with Gasteiger partial charge in [-0.1, -0.05) is 41.9 Å². The van der Waals surface area contributed by atoms with Crippen LogP contribution in [0.1, 0.15) is 20.9 Å². The van der Waals surface area contributed by atoms with Crippen molar-refractivity contribution in [3.05, 3.63) is 75.5 Å². The molecule has 0 saturated heterocycles. The van der Waals surface area contributed by atoms with E-state index in [0.717, 1.165) is 27.2 Å². The summed E-state index contributed by atoms with van der Waals surface area (Å²) in [5.41, 5.74) is 2.18. The minimum absolute atomic E-state index is 0.0958. The summed E-state index contributed by atoms with van der Waals surface area (Å²) >= 11 is 7.45. The van der Waals surface area contributed by atoms with Gasteiger partial charge < -0.3 is 5.32 Å². The lowest BCUT2D eigenvalue weighted by atomic mass is 10.2. The van der Waals surface area contributed by atoms with Crippen LogP contribution >= 0.6 is 22.9 Å². The minimum atomic E-state index is -0.470. The number of benzene rings is 2. The van der Waals surface area contributed by atoms with E-state index in [1.807, 2.05) is 37.3 Å². The minimum Gasteiger partial charge on any atom is -0.347 e. The van der Waals surface area contributed by atoms with Crippen molar-refractivity contribution in [1.29, 1.82) is 0 Å². The number of halogens is 2. The molecule has 1 aromatic heterocycles. The van der Waals surface area contributed by atoms with Gasteiger partial charge in [0.2, 0.25) is 0 Å². The Kier molecular flexibility index (Phi) is 4.92. The Labute approximate surface area is 148 Å². The Hall–Kier alpha value is -2.24. The molecule has 0 fully saturated rings. The van der Waals surface area contributed by atoms with Gasteiger partial charge in [-0.25, -0.2) is 9.37 Å². The third-order valence-electron chi connectivity index (χ3n) is 3.50. The highest BCUT2D eigenvalue weighted by atomic mass is 35.5. The molecule has 0 radical (unpaired) electrons. The molecule has 0 aliphatic heterocycles. The van der Waals surface area contributed by atoms with Crippen LogP contribution in [0.25, 0.3) is 10.6 Å². The molecule has 0 aliphatic rings. The van der Waals surface area contributed by atoms with E-state index in [4.69, 9.17) is 11.6 Å². The maximum atomic E-state index is 13.1. The summed E-state index contributed by atoms with van der Waals surface area (Å²) in [6.07, 6.45) is 0. The number of carbonyl (C=O) groups excluding carboxylic acids is 1. The molecule has 24 heavy (non-hydrogen) atoms. The number of nitrogens with one attached hydrogen (secondary N) is 1. The fourth-order valence-electron chi connectivity index (χ4n) is 2.23. The summed E-state index contributed by atoms with van der Waals surface area (Å²) in [6, 6.07) is 13.6. The number of hydrogen-bond donors (Lipinski definition) is 1. The van der Waals surface area contributed by atoms with Gasteiger partial charge in [-0.3, -0.25) is 4.79 Å². The molecule has 1 amide bonds. The van der Waals surface area contributed by atoms with Crippen LogP contribution in [0, 0.1) is 12.7 Å². The molecule has 0 bridgehead atoms. The number of carbonyl (C=O) groups is 1. The van der Waals surface area contributed by atoms with E-state index in [2.05, 4.69) is 10.3 Å². The van der Waals surface area contributed by atoms with Gasteiger partial charge in [0.25, 0.3) is 5.91 Å². The predicted molar refractivity (Wildman–Crippen MR) is 94.9 cm³/mol. The van der Waals surface area contributed by atoms with E-state index in [9.17, 15) is 9.18 Å². The van der Waals surface area contributed by atoms with Crippen molar-refractivity contribution in [3.63, 3.8) is 0 Å². The zero-order valence-corrected chi connectivity index (χ0v) is 14.4. The van der Waals surface area contributed by atoms with Gasteiger partial charge in [-0.15, -0.1) is 11.3 Å². The summed E-state index contributed by atoms with van der Waals surface area (Å²) in [5.74, 6) is -0.809. The van der Waals surface area contributed by atoms with Crippen LogP contribution in [-0.2, 0) is 6.54 Å². The fraction of sp³-hybridized carbons (Fsp3) is 0.111. The number of amides is 1. The second-order valence-electron chi connectivity index (χ2n) is 5.20. The first-order valence-corrected chi connectivity index (χ1v) is 8.49. The van der Waals surface area contributed by atoms with Crippen molar-refractivity contribution < 1.29 is 9.18 Å². The standard InChI is InChI=1S/C18H14ClFN2OS/c1-11-16(24-18(22-11)12-5-3-2-4-6-12)10-21-17(23)14-8-7-13(20)9-15(14)19/h2-9H,10H2,1H3,(H,21,23). The average molecular weight is 361 g/mol. The van der Waals surface area contributed by atoms with Crippen molar-refractivity contribution in [2.24, 2.45) is 0 Å². The Morgan fingerprint density at radius 2 is 2.00 bits per heavy atom. The van der Waals surface area contributed by atoms with Gasteiger partial charge in [0, 0.05) is 10.4 Å². The second-order valence-corrected chi connectivity index (χ2v) is 6.69. The molecule has 1 N–H and O–H groups in total. The number of hydrogen-bond acceptors (Lipinski definition) is 3. The first kappa shape index (κ1) is 16.6. The average Bonchev–Trinajstić information content (AvgIpc) is 2.94. The maximum absolute atomic E-state index is 13.1. The summed E-state index contributed by atoms with van der Waals surface area (Å²) in [4.78, 5) is 17.7. The summed E-state index contributed by atoms with van der Waals surface area (Å²) in [7, 11) is 0. The van der Waals surface area contributed by atoms with Gasteiger partial charge in [-0.05, 0) is 25.1 Å². The molecule has 1 heterocycles. The van der Waals surface area contributed by atoms with Crippen LogP contribution in [-0.4, -0.2) is 10.9 Å². The van der Waals surface area contributed by atoms with Crippen molar-refractivity contribution >= 4 is 28.8 Å². The van der Waals surface area contributed by atoms with Crippen LogP contribution in [0.4, 0.5) is 4.39 Å². The van der Waals surface area contributed by atoms with Gasteiger partial charge in [0.05, 0.1) is 22.8 Å². The molecular formula is C18H14ClFN2OS. The zero-order valence-electron chi connectivity index (χ0n) is 12.8. The molecular weight excluding hydrogens is 347 g/mol. The molecule has 0 saturated carbocycles. The van der Waals surface area contributed by atoms with E-state index < -0.39 is 5.82 Å². The van der Waals surface area contributed by atoms with Crippen molar-refractivity contribution in [2.45, 2.75) is 13.5 Å². The Morgan fingerprint density at radius 3 is 2.71 bits per heavy atom. The third-order valence-corrected chi connectivity index (χ3v) is 5.02.